The lowest BCUT2D eigenvalue weighted by Gasteiger charge is -2.05. The van der Waals surface area contributed by atoms with E-state index in [2.05, 4.69) is 20.3 Å². The molecule has 10 heteroatoms. The number of aromatic nitrogens is 3. The molecule has 0 saturated heterocycles. The van der Waals surface area contributed by atoms with Gasteiger partial charge in [0.25, 0.3) is 5.91 Å². The number of hydrogen-bond donors (Lipinski definition) is 1. The Morgan fingerprint density at radius 2 is 2.11 bits per heavy atom. The van der Waals surface area contributed by atoms with Crippen molar-refractivity contribution in [3.05, 3.63) is 27.5 Å². The van der Waals surface area contributed by atoms with Gasteiger partial charge in [-0.2, -0.15) is 0 Å². The van der Waals surface area contributed by atoms with Crippen molar-refractivity contribution in [1.82, 2.24) is 15.0 Å². The number of nitrogens with one attached hydrogen (secondary N) is 1. The van der Waals surface area contributed by atoms with Crippen molar-refractivity contribution in [2.45, 2.75) is 39.3 Å². The number of thioether (sulfide) groups is 1. The molecular weight excluding hydrogens is 408 g/mol. The lowest BCUT2D eigenvalue weighted by Crippen LogP contribution is -2.15. The molecule has 0 atom stereocenters. The Morgan fingerprint density at radius 1 is 1.37 bits per heavy atom. The van der Waals surface area contributed by atoms with Crippen molar-refractivity contribution in [2.24, 2.45) is 5.92 Å². The van der Waals surface area contributed by atoms with E-state index in [1.807, 2.05) is 20.8 Å². The molecule has 0 spiro atoms. The number of halogens is 1. The molecule has 2 heterocycles. The zero-order valence-corrected chi connectivity index (χ0v) is 17.9. The molecule has 0 aromatic carbocycles. The maximum atomic E-state index is 12.5. The third kappa shape index (κ3) is 6.15. The topological polar surface area (TPSA) is 94.1 Å². The maximum Gasteiger partial charge on any atom is 0.350 e. The number of carbonyl (C=O) groups excluding carboxylic acids is 2. The smallest absolute Gasteiger partial charge is 0.350 e. The van der Waals surface area contributed by atoms with E-state index in [0.717, 1.165) is 23.5 Å². The standard InChI is InChI=1S/C17H21ClN4O3S2/c1-5-6-26-16-19-7-11(18)12(21-16)14(23)22-17-20-10(4)13(27-17)15(24)25-8-9(2)3/h7,9H,5-6,8H2,1-4H3,(H,20,22,23). The molecule has 0 fully saturated rings. The van der Waals surface area contributed by atoms with Gasteiger partial charge in [-0.05, 0) is 19.3 Å². The van der Waals surface area contributed by atoms with Gasteiger partial charge in [-0.25, -0.2) is 19.7 Å². The normalized spacial score (nSPS) is 10.9. The maximum absolute atomic E-state index is 12.5. The molecule has 2 aromatic rings. The molecule has 146 valence electrons. The number of aryl methyl sites for hydroxylation is 1. The van der Waals surface area contributed by atoms with Crippen LogP contribution in [0.3, 0.4) is 0 Å². The Hall–Kier alpha value is -1.71. The van der Waals surface area contributed by atoms with Crippen molar-refractivity contribution < 1.29 is 14.3 Å². The first kappa shape index (κ1) is 21.6. The summed E-state index contributed by atoms with van der Waals surface area (Å²) < 4.78 is 5.22. The molecule has 0 aliphatic carbocycles. The average molecular weight is 429 g/mol. The Labute approximate surface area is 171 Å². The molecule has 0 unspecified atom stereocenters. The second-order valence-electron chi connectivity index (χ2n) is 6.08. The number of thiazole rings is 1. The summed E-state index contributed by atoms with van der Waals surface area (Å²) in [6.07, 6.45) is 2.37. The van der Waals surface area contributed by atoms with Gasteiger partial charge in [0.2, 0.25) is 0 Å². The predicted octanol–water partition coefficient (Wildman–Crippen LogP) is 4.46. The number of rotatable bonds is 8. The summed E-state index contributed by atoms with van der Waals surface area (Å²) in [5.74, 6) is 0.131. The Balaban J connectivity index is 2.12. The van der Waals surface area contributed by atoms with Crippen molar-refractivity contribution in [1.29, 1.82) is 0 Å². The van der Waals surface area contributed by atoms with Gasteiger partial charge in [0.15, 0.2) is 16.0 Å². The largest absolute Gasteiger partial charge is 0.461 e. The lowest BCUT2D eigenvalue weighted by atomic mass is 10.2. The molecule has 27 heavy (non-hydrogen) atoms. The minimum Gasteiger partial charge on any atom is -0.461 e. The van der Waals surface area contributed by atoms with E-state index in [4.69, 9.17) is 16.3 Å². The van der Waals surface area contributed by atoms with E-state index in [1.165, 1.54) is 18.0 Å². The van der Waals surface area contributed by atoms with Crippen molar-refractivity contribution in [3.8, 4) is 0 Å². The van der Waals surface area contributed by atoms with Crippen LogP contribution in [0.1, 0.15) is 53.0 Å². The summed E-state index contributed by atoms with van der Waals surface area (Å²) in [6.45, 7) is 7.97. The van der Waals surface area contributed by atoms with Crippen molar-refractivity contribution in [3.63, 3.8) is 0 Å². The number of hydrogen-bond acceptors (Lipinski definition) is 8. The fourth-order valence-electron chi connectivity index (χ4n) is 1.88. The first-order valence-electron chi connectivity index (χ1n) is 8.43. The molecule has 1 amide bonds. The van der Waals surface area contributed by atoms with Crippen LogP contribution in [-0.2, 0) is 4.74 Å². The molecule has 7 nitrogen and oxygen atoms in total. The number of carbonyl (C=O) groups is 2. The van der Waals surface area contributed by atoms with Crippen LogP contribution in [-0.4, -0.2) is 39.2 Å². The molecule has 2 aromatic heterocycles. The number of anilines is 1. The van der Waals surface area contributed by atoms with E-state index >= 15 is 0 Å². The molecule has 0 aliphatic rings. The van der Waals surface area contributed by atoms with E-state index in [9.17, 15) is 9.59 Å². The first-order chi connectivity index (χ1) is 12.8. The summed E-state index contributed by atoms with van der Waals surface area (Å²) >= 11 is 8.57. The Bertz CT molecular complexity index is 827. The third-order valence-electron chi connectivity index (χ3n) is 3.12. The predicted molar refractivity (Wildman–Crippen MR) is 108 cm³/mol. The van der Waals surface area contributed by atoms with Crippen LogP contribution in [0.4, 0.5) is 5.13 Å². The molecule has 0 radical (unpaired) electrons. The number of amides is 1. The summed E-state index contributed by atoms with van der Waals surface area (Å²) in [7, 11) is 0. The van der Waals surface area contributed by atoms with E-state index in [0.29, 0.717) is 22.3 Å². The Kier molecular flexibility index (Phi) is 8.00. The number of nitrogens with zero attached hydrogens (tertiary/aromatic N) is 3. The molecule has 2 rings (SSSR count). The zero-order valence-electron chi connectivity index (χ0n) is 15.5. The van der Waals surface area contributed by atoms with Crippen LogP contribution in [0.25, 0.3) is 0 Å². The third-order valence-corrected chi connectivity index (χ3v) is 5.52. The van der Waals surface area contributed by atoms with Gasteiger partial charge in [-0.1, -0.05) is 55.5 Å². The van der Waals surface area contributed by atoms with Gasteiger partial charge in [0, 0.05) is 5.75 Å². The average Bonchev–Trinajstić information content (AvgIpc) is 2.99. The minimum atomic E-state index is -0.503. The van der Waals surface area contributed by atoms with E-state index in [1.54, 1.807) is 6.92 Å². The van der Waals surface area contributed by atoms with Crippen LogP contribution in [0.2, 0.25) is 5.02 Å². The van der Waals surface area contributed by atoms with Crippen LogP contribution in [0, 0.1) is 12.8 Å². The highest BCUT2D eigenvalue weighted by molar-refractivity contribution is 7.99. The molecule has 0 saturated carbocycles. The summed E-state index contributed by atoms with van der Waals surface area (Å²) in [5.41, 5.74) is 0.569. The quantitative estimate of drug-likeness (QED) is 0.376. The van der Waals surface area contributed by atoms with Gasteiger partial charge in [-0.3, -0.25) is 10.1 Å². The highest BCUT2D eigenvalue weighted by Crippen LogP contribution is 2.25. The highest BCUT2D eigenvalue weighted by atomic mass is 35.5. The number of ether oxygens (including phenoxy) is 1. The number of esters is 1. The fourth-order valence-corrected chi connectivity index (χ4v) is 3.58. The van der Waals surface area contributed by atoms with Crippen LogP contribution < -0.4 is 5.32 Å². The fraction of sp³-hybridized carbons (Fsp3) is 0.471. The second kappa shape index (κ2) is 10.0. The first-order valence-corrected chi connectivity index (χ1v) is 10.6. The van der Waals surface area contributed by atoms with Crippen LogP contribution in [0.5, 0.6) is 0 Å². The SMILES string of the molecule is CCCSc1ncc(Cl)c(C(=O)Nc2nc(C)c(C(=O)OCC(C)C)s2)n1. The summed E-state index contributed by atoms with van der Waals surface area (Å²) in [5, 5.41) is 3.56. The second-order valence-corrected chi connectivity index (χ2v) is 8.55. The van der Waals surface area contributed by atoms with Gasteiger partial charge in [0.05, 0.1) is 23.5 Å². The van der Waals surface area contributed by atoms with Gasteiger partial charge in [0.1, 0.15) is 4.88 Å². The van der Waals surface area contributed by atoms with E-state index in [-0.39, 0.29) is 21.8 Å². The molecule has 0 aliphatic heterocycles. The van der Waals surface area contributed by atoms with Gasteiger partial charge < -0.3 is 4.74 Å². The summed E-state index contributed by atoms with van der Waals surface area (Å²) in [6, 6.07) is 0. The molecule has 1 N–H and O–H groups in total. The lowest BCUT2D eigenvalue weighted by molar-refractivity contribution is 0.0463. The van der Waals surface area contributed by atoms with Crippen molar-refractivity contribution >= 4 is 51.7 Å². The monoisotopic (exact) mass is 428 g/mol. The van der Waals surface area contributed by atoms with Crippen LogP contribution >= 0.6 is 34.7 Å². The van der Waals surface area contributed by atoms with Gasteiger partial charge in [-0.15, -0.1) is 0 Å². The Morgan fingerprint density at radius 3 is 2.78 bits per heavy atom. The molecular formula is C17H21ClN4O3S2. The molecule has 0 bridgehead atoms. The zero-order chi connectivity index (χ0) is 20.0. The van der Waals surface area contributed by atoms with Crippen molar-refractivity contribution in [2.75, 3.05) is 17.7 Å². The van der Waals surface area contributed by atoms with Gasteiger partial charge >= 0.3 is 5.97 Å². The van der Waals surface area contributed by atoms with E-state index < -0.39 is 11.9 Å². The minimum absolute atomic E-state index is 0.0713. The van der Waals surface area contributed by atoms with Crippen LogP contribution in [0.15, 0.2) is 11.4 Å². The summed E-state index contributed by atoms with van der Waals surface area (Å²) in [4.78, 5) is 37.6. The highest BCUT2D eigenvalue weighted by Gasteiger charge is 2.20.